The summed E-state index contributed by atoms with van der Waals surface area (Å²) < 4.78 is 10.1. The van der Waals surface area contributed by atoms with E-state index in [1.54, 1.807) is 13.0 Å². The van der Waals surface area contributed by atoms with E-state index in [2.05, 4.69) is 0 Å². The second-order valence-corrected chi connectivity index (χ2v) is 5.17. The van der Waals surface area contributed by atoms with Crippen LogP contribution in [0.1, 0.15) is 32.6 Å². The zero-order chi connectivity index (χ0) is 14.7. The second-order valence-electron chi connectivity index (χ2n) is 5.17. The first-order chi connectivity index (χ1) is 9.60. The number of rotatable bonds is 4. The Hall–Kier alpha value is -1.90. The Morgan fingerprint density at radius 1 is 1.55 bits per heavy atom. The molecule has 0 unspecified atom stereocenters. The topological polar surface area (TPSA) is 100 Å². The van der Waals surface area contributed by atoms with E-state index in [0.29, 0.717) is 0 Å². The Kier molecular flexibility index (Phi) is 4.38. The van der Waals surface area contributed by atoms with Crippen LogP contribution < -0.4 is 0 Å². The molecule has 108 valence electrons. The Labute approximate surface area is 117 Å². The van der Waals surface area contributed by atoms with Crippen molar-refractivity contribution in [1.82, 2.24) is 0 Å². The molecule has 2 rings (SSSR count). The largest absolute Gasteiger partial charge is 0.465 e. The zero-order valence-corrected chi connectivity index (χ0v) is 11.4. The number of carbonyl (C=O) groups excluding carboxylic acids is 2. The van der Waals surface area contributed by atoms with E-state index < -0.39 is 23.8 Å². The van der Waals surface area contributed by atoms with Crippen LogP contribution in [0.2, 0.25) is 0 Å². The van der Waals surface area contributed by atoms with Crippen molar-refractivity contribution in [3.05, 3.63) is 0 Å². The van der Waals surface area contributed by atoms with Crippen molar-refractivity contribution in [2.45, 2.75) is 38.7 Å². The third-order valence-electron chi connectivity index (χ3n) is 4.00. The molecule has 1 N–H and O–H groups in total. The van der Waals surface area contributed by atoms with Crippen molar-refractivity contribution in [1.29, 1.82) is 10.7 Å². The molecule has 0 radical (unpaired) electrons. The van der Waals surface area contributed by atoms with Crippen LogP contribution in [0.5, 0.6) is 0 Å². The fourth-order valence-corrected chi connectivity index (χ4v) is 3.06. The number of esters is 2. The van der Waals surface area contributed by atoms with Gasteiger partial charge >= 0.3 is 11.9 Å². The lowest BCUT2D eigenvalue weighted by Crippen LogP contribution is -2.36. The average Bonchev–Trinajstić information content (AvgIpc) is 2.75. The van der Waals surface area contributed by atoms with Crippen LogP contribution in [0.3, 0.4) is 0 Å². The maximum absolute atomic E-state index is 12.0. The van der Waals surface area contributed by atoms with Crippen LogP contribution in [-0.4, -0.2) is 30.4 Å². The van der Waals surface area contributed by atoms with E-state index in [9.17, 15) is 9.59 Å². The van der Waals surface area contributed by atoms with E-state index in [1.165, 1.54) is 0 Å². The molecule has 1 aliphatic heterocycles. The molecular weight excluding hydrogens is 260 g/mol. The van der Waals surface area contributed by atoms with Gasteiger partial charge in [-0.1, -0.05) is 6.42 Å². The van der Waals surface area contributed by atoms with Crippen molar-refractivity contribution in [3.63, 3.8) is 0 Å². The Morgan fingerprint density at radius 2 is 2.25 bits per heavy atom. The minimum Gasteiger partial charge on any atom is -0.465 e. The monoisotopic (exact) mass is 278 g/mol. The Balaban J connectivity index is 2.16. The van der Waals surface area contributed by atoms with Gasteiger partial charge < -0.3 is 14.9 Å². The minimum absolute atomic E-state index is 0.0750. The van der Waals surface area contributed by atoms with Gasteiger partial charge in [-0.15, -0.1) is 0 Å². The molecule has 0 bridgehead atoms. The maximum atomic E-state index is 12.0. The second kappa shape index (κ2) is 6.04. The van der Waals surface area contributed by atoms with Crippen LogP contribution in [0.15, 0.2) is 0 Å². The third kappa shape index (κ3) is 2.53. The number of ether oxygens (including phenoxy) is 2. The highest BCUT2D eigenvalue weighted by Gasteiger charge is 2.50. The van der Waals surface area contributed by atoms with E-state index >= 15 is 0 Å². The van der Waals surface area contributed by atoms with Gasteiger partial charge in [0.25, 0.3) is 0 Å². The summed E-state index contributed by atoms with van der Waals surface area (Å²) in [5.41, 5.74) is -0.176. The average molecular weight is 278 g/mol. The summed E-state index contributed by atoms with van der Waals surface area (Å²) in [5.74, 6) is -3.39. The zero-order valence-electron chi connectivity index (χ0n) is 11.4. The van der Waals surface area contributed by atoms with Gasteiger partial charge in [0.15, 0.2) is 5.92 Å². The SMILES string of the molecule is CCOC(=O)[C@H](C#N)C(=N)[C@H]1C(=O)O[C@H]2CCCC[C@@H]12. The summed E-state index contributed by atoms with van der Waals surface area (Å²) >= 11 is 0. The molecular formula is C14H18N2O4. The molecule has 0 aromatic rings. The number of carbonyl (C=O) groups is 2. The first-order valence-electron chi connectivity index (χ1n) is 6.95. The van der Waals surface area contributed by atoms with Crippen molar-refractivity contribution >= 4 is 17.7 Å². The lowest BCUT2D eigenvalue weighted by Gasteiger charge is -2.26. The molecule has 1 saturated carbocycles. The molecule has 0 amide bonds. The number of nitrogens with one attached hydrogen (secondary N) is 1. The first kappa shape index (κ1) is 14.5. The van der Waals surface area contributed by atoms with Gasteiger partial charge in [-0.25, -0.2) is 0 Å². The standard InChI is InChI=1S/C14H18N2O4/c1-2-19-13(17)9(7-15)12(16)11-8-5-3-4-6-10(8)20-14(11)18/h8-11,16H,2-6H2,1H3/t8-,9-,10+,11+/m1/s1. The predicted octanol–water partition coefficient (Wildman–Crippen LogP) is 1.44. The van der Waals surface area contributed by atoms with Crippen molar-refractivity contribution in [3.8, 4) is 6.07 Å². The van der Waals surface area contributed by atoms with Crippen LogP contribution in [0.25, 0.3) is 0 Å². The van der Waals surface area contributed by atoms with Crippen LogP contribution in [0.4, 0.5) is 0 Å². The molecule has 0 aromatic carbocycles. The number of hydrogen-bond donors (Lipinski definition) is 1. The predicted molar refractivity (Wildman–Crippen MR) is 68.8 cm³/mol. The molecule has 0 aromatic heterocycles. The number of fused-ring (bicyclic) bond motifs is 1. The van der Waals surface area contributed by atoms with Crippen LogP contribution >= 0.6 is 0 Å². The molecule has 6 nitrogen and oxygen atoms in total. The Bertz CT molecular complexity index is 468. The van der Waals surface area contributed by atoms with Gasteiger partial charge in [-0.2, -0.15) is 5.26 Å². The Morgan fingerprint density at radius 3 is 2.90 bits per heavy atom. The smallest absolute Gasteiger partial charge is 0.329 e. The molecule has 0 spiro atoms. The summed E-state index contributed by atoms with van der Waals surface area (Å²) in [4.78, 5) is 23.7. The van der Waals surface area contributed by atoms with Gasteiger partial charge in [0, 0.05) is 5.92 Å². The first-order valence-corrected chi connectivity index (χ1v) is 6.95. The highest BCUT2D eigenvalue weighted by atomic mass is 16.6. The number of nitriles is 1. The normalized spacial score (nSPS) is 29.8. The summed E-state index contributed by atoms with van der Waals surface area (Å²) in [7, 11) is 0. The minimum atomic E-state index is -1.31. The number of nitrogens with zero attached hydrogens (tertiary/aromatic N) is 1. The van der Waals surface area contributed by atoms with Gasteiger partial charge in [0.05, 0.1) is 18.4 Å². The maximum Gasteiger partial charge on any atom is 0.329 e. The number of hydrogen-bond acceptors (Lipinski definition) is 6. The van der Waals surface area contributed by atoms with Crippen molar-refractivity contribution < 1.29 is 19.1 Å². The highest BCUT2D eigenvalue weighted by molar-refractivity contribution is 6.12. The lowest BCUT2D eigenvalue weighted by molar-refractivity contribution is -0.144. The molecule has 20 heavy (non-hydrogen) atoms. The quantitative estimate of drug-likeness (QED) is 0.619. The fourth-order valence-electron chi connectivity index (χ4n) is 3.06. The molecule has 1 saturated heterocycles. The summed E-state index contributed by atoms with van der Waals surface area (Å²) in [6, 6.07) is 1.77. The van der Waals surface area contributed by atoms with Gasteiger partial charge in [-0.05, 0) is 26.2 Å². The summed E-state index contributed by atoms with van der Waals surface area (Å²) in [6.07, 6.45) is 3.43. The van der Waals surface area contributed by atoms with Crippen LogP contribution in [0, 0.1) is 34.5 Å². The van der Waals surface area contributed by atoms with E-state index in [1.807, 2.05) is 0 Å². The molecule has 4 atom stereocenters. The van der Waals surface area contributed by atoms with Gasteiger partial charge in [-0.3, -0.25) is 9.59 Å². The molecule has 6 heteroatoms. The van der Waals surface area contributed by atoms with Gasteiger partial charge in [0.2, 0.25) is 0 Å². The molecule has 1 heterocycles. The van der Waals surface area contributed by atoms with Gasteiger partial charge in [0.1, 0.15) is 12.0 Å². The fraction of sp³-hybridized carbons (Fsp3) is 0.714. The summed E-state index contributed by atoms with van der Waals surface area (Å²) in [6.45, 7) is 1.78. The molecule has 2 aliphatic rings. The third-order valence-corrected chi connectivity index (χ3v) is 4.00. The molecule has 2 fully saturated rings. The molecule has 1 aliphatic carbocycles. The highest BCUT2D eigenvalue weighted by Crippen LogP contribution is 2.40. The summed E-state index contributed by atoms with van der Waals surface area (Å²) in [5, 5.41) is 17.2. The van der Waals surface area contributed by atoms with Crippen molar-refractivity contribution in [2.24, 2.45) is 17.8 Å². The van der Waals surface area contributed by atoms with E-state index in [0.717, 1.165) is 25.7 Å². The lowest BCUT2D eigenvalue weighted by atomic mass is 9.76. The van der Waals surface area contributed by atoms with E-state index in [4.69, 9.17) is 20.1 Å². The van der Waals surface area contributed by atoms with E-state index in [-0.39, 0.29) is 24.3 Å². The van der Waals surface area contributed by atoms with Crippen molar-refractivity contribution in [2.75, 3.05) is 6.61 Å². The van der Waals surface area contributed by atoms with Crippen LogP contribution in [-0.2, 0) is 19.1 Å².